The molecule has 0 aromatic heterocycles. The van der Waals surface area contributed by atoms with Crippen LogP contribution in [0.15, 0.2) is 0 Å². The number of ether oxygens (including phenoxy) is 1. The number of likely N-dealkylation sites (tertiary alicyclic amines) is 1. The number of carbonyl (C=O) groups is 1. The molecule has 0 spiro atoms. The van der Waals surface area contributed by atoms with Crippen molar-refractivity contribution < 1.29 is 14.6 Å². The number of methoxy groups -OCH3 is 1. The standard InChI is InChI=1S/C9H17NO3/c1-13-8-4-6-10(7-8)5-2-3-9(11)12/h8H,2-7H2,1H3,(H,11,12). The molecule has 0 radical (unpaired) electrons. The van der Waals surface area contributed by atoms with E-state index in [1.807, 2.05) is 0 Å². The first-order chi connectivity index (χ1) is 6.22. The van der Waals surface area contributed by atoms with Gasteiger partial charge in [0.05, 0.1) is 6.10 Å². The molecule has 1 rings (SSSR count). The number of carboxylic acids is 1. The molecule has 1 N–H and O–H groups in total. The number of nitrogens with zero attached hydrogens (tertiary/aromatic N) is 1. The van der Waals surface area contributed by atoms with Crippen molar-refractivity contribution in [1.29, 1.82) is 0 Å². The number of aliphatic carboxylic acids is 1. The summed E-state index contributed by atoms with van der Waals surface area (Å²) in [6, 6.07) is 0. The van der Waals surface area contributed by atoms with E-state index in [-0.39, 0.29) is 6.42 Å². The summed E-state index contributed by atoms with van der Waals surface area (Å²) in [7, 11) is 1.73. The lowest BCUT2D eigenvalue weighted by Gasteiger charge is -2.14. The monoisotopic (exact) mass is 187 g/mol. The summed E-state index contributed by atoms with van der Waals surface area (Å²) < 4.78 is 5.21. The number of rotatable bonds is 5. The first-order valence-corrected chi connectivity index (χ1v) is 4.69. The van der Waals surface area contributed by atoms with Crippen LogP contribution in [0.4, 0.5) is 0 Å². The van der Waals surface area contributed by atoms with E-state index in [1.54, 1.807) is 7.11 Å². The van der Waals surface area contributed by atoms with E-state index < -0.39 is 5.97 Å². The molecule has 1 aliphatic rings. The van der Waals surface area contributed by atoms with Crippen molar-refractivity contribution in [3.05, 3.63) is 0 Å². The first kappa shape index (κ1) is 10.5. The van der Waals surface area contributed by atoms with Crippen LogP contribution in [0.2, 0.25) is 0 Å². The highest BCUT2D eigenvalue weighted by molar-refractivity contribution is 5.66. The van der Waals surface area contributed by atoms with Gasteiger partial charge in [-0.3, -0.25) is 4.79 Å². The van der Waals surface area contributed by atoms with Gasteiger partial charge < -0.3 is 14.7 Å². The minimum atomic E-state index is -0.706. The van der Waals surface area contributed by atoms with Gasteiger partial charge in [0.25, 0.3) is 0 Å². The number of hydrogen-bond acceptors (Lipinski definition) is 3. The van der Waals surface area contributed by atoms with E-state index in [1.165, 1.54) is 0 Å². The molecule has 0 aromatic carbocycles. The molecule has 0 saturated carbocycles. The third kappa shape index (κ3) is 3.74. The predicted molar refractivity (Wildman–Crippen MR) is 48.7 cm³/mol. The molecule has 0 amide bonds. The fraction of sp³-hybridized carbons (Fsp3) is 0.889. The minimum Gasteiger partial charge on any atom is -0.481 e. The number of hydrogen-bond donors (Lipinski definition) is 1. The van der Waals surface area contributed by atoms with Crippen LogP contribution in [0.25, 0.3) is 0 Å². The normalized spacial score (nSPS) is 23.6. The third-order valence-corrected chi connectivity index (χ3v) is 2.43. The molecule has 13 heavy (non-hydrogen) atoms. The molecule has 0 aromatic rings. The second-order valence-electron chi connectivity index (χ2n) is 3.44. The summed E-state index contributed by atoms with van der Waals surface area (Å²) in [4.78, 5) is 12.5. The van der Waals surface area contributed by atoms with Crippen molar-refractivity contribution in [3.63, 3.8) is 0 Å². The van der Waals surface area contributed by atoms with Crippen LogP contribution in [0, 0.1) is 0 Å². The lowest BCUT2D eigenvalue weighted by molar-refractivity contribution is -0.137. The van der Waals surface area contributed by atoms with Crippen LogP contribution in [0.5, 0.6) is 0 Å². The van der Waals surface area contributed by atoms with Crippen molar-refractivity contribution in [1.82, 2.24) is 4.90 Å². The Labute approximate surface area is 78.5 Å². The average molecular weight is 187 g/mol. The summed E-state index contributed by atoms with van der Waals surface area (Å²) in [5, 5.41) is 8.44. The van der Waals surface area contributed by atoms with Gasteiger partial charge in [-0.05, 0) is 19.4 Å². The van der Waals surface area contributed by atoms with E-state index in [0.717, 1.165) is 32.5 Å². The Hall–Kier alpha value is -0.610. The topological polar surface area (TPSA) is 49.8 Å². The molecular formula is C9H17NO3. The average Bonchev–Trinajstić information content (AvgIpc) is 2.52. The summed E-state index contributed by atoms with van der Waals surface area (Å²) in [6.07, 6.45) is 2.44. The van der Waals surface area contributed by atoms with Crippen molar-refractivity contribution in [2.45, 2.75) is 25.4 Å². The second kappa shape index (κ2) is 5.19. The zero-order valence-corrected chi connectivity index (χ0v) is 8.03. The molecule has 4 nitrogen and oxygen atoms in total. The summed E-state index contributed by atoms with van der Waals surface area (Å²) in [5.41, 5.74) is 0. The van der Waals surface area contributed by atoms with Crippen molar-refractivity contribution in [2.24, 2.45) is 0 Å². The Kier molecular flexibility index (Phi) is 4.18. The molecule has 0 aliphatic carbocycles. The van der Waals surface area contributed by atoms with Crippen LogP contribution in [0.3, 0.4) is 0 Å². The van der Waals surface area contributed by atoms with Gasteiger partial charge in [-0.1, -0.05) is 0 Å². The summed E-state index contributed by atoms with van der Waals surface area (Å²) in [6.45, 7) is 2.88. The summed E-state index contributed by atoms with van der Waals surface area (Å²) in [5.74, 6) is -0.706. The Morgan fingerprint density at radius 3 is 3.00 bits per heavy atom. The zero-order chi connectivity index (χ0) is 9.68. The minimum absolute atomic E-state index is 0.272. The molecule has 0 bridgehead atoms. The molecule has 76 valence electrons. The van der Waals surface area contributed by atoms with Gasteiger partial charge in [-0.2, -0.15) is 0 Å². The van der Waals surface area contributed by atoms with Crippen molar-refractivity contribution in [2.75, 3.05) is 26.7 Å². The highest BCUT2D eigenvalue weighted by Gasteiger charge is 2.21. The first-order valence-electron chi connectivity index (χ1n) is 4.69. The highest BCUT2D eigenvalue weighted by Crippen LogP contribution is 2.12. The van der Waals surface area contributed by atoms with E-state index in [9.17, 15) is 4.79 Å². The fourth-order valence-electron chi connectivity index (χ4n) is 1.65. The molecule has 1 atom stereocenters. The van der Waals surface area contributed by atoms with E-state index in [2.05, 4.69) is 4.90 Å². The van der Waals surface area contributed by atoms with Crippen molar-refractivity contribution >= 4 is 5.97 Å². The quantitative estimate of drug-likeness (QED) is 0.683. The lowest BCUT2D eigenvalue weighted by Crippen LogP contribution is -2.24. The van der Waals surface area contributed by atoms with Crippen LogP contribution in [-0.2, 0) is 9.53 Å². The van der Waals surface area contributed by atoms with Crippen LogP contribution < -0.4 is 0 Å². The SMILES string of the molecule is COC1CCN(CCCC(=O)O)C1. The predicted octanol–water partition coefficient (Wildman–Crippen LogP) is 0.572. The van der Waals surface area contributed by atoms with E-state index >= 15 is 0 Å². The maximum absolute atomic E-state index is 10.3. The Morgan fingerprint density at radius 2 is 2.46 bits per heavy atom. The molecule has 1 saturated heterocycles. The van der Waals surface area contributed by atoms with Gasteiger partial charge in [0, 0.05) is 26.6 Å². The van der Waals surface area contributed by atoms with Gasteiger partial charge in [-0.25, -0.2) is 0 Å². The Morgan fingerprint density at radius 1 is 1.69 bits per heavy atom. The maximum Gasteiger partial charge on any atom is 0.303 e. The fourth-order valence-corrected chi connectivity index (χ4v) is 1.65. The van der Waals surface area contributed by atoms with Gasteiger partial charge in [0.2, 0.25) is 0 Å². The third-order valence-electron chi connectivity index (χ3n) is 2.43. The lowest BCUT2D eigenvalue weighted by atomic mass is 10.3. The largest absolute Gasteiger partial charge is 0.481 e. The highest BCUT2D eigenvalue weighted by atomic mass is 16.5. The molecule has 1 fully saturated rings. The van der Waals surface area contributed by atoms with Crippen LogP contribution in [-0.4, -0.2) is 48.8 Å². The molecule has 1 aliphatic heterocycles. The zero-order valence-electron chi connectivity index (χ0n) is 8.03. The summed E-state index contributed by atoms with van der Waals surface area (Å²) >= 11 is 0. The van der Waals surface area contributed by atoms with Crippen LogP contribution in [0.1, 0.15) is 19.3 Å². The van der Waals surface area contributed by atoms with Gasteiger partial charge >= 0.3 is 5.97 Å². The van der Waals surface area contributed by atoms with Crippen molar-refractivity contribution in [3.8, 4) is 0 Å². The Balaban J connectivity index is 2.07. The van der Waals surface area contributed by atoms with E-state index in [0.29, 0.717) is 6.10 Å². The van der Waals surface area contributed by atoms with Gasteiger partial charge in [0.15, 0.2) is 0 Å². The number of carboxylic acid groups (broad SMARTS) is 1. The maximum atomic E-state index is 10.3. The molecule has 1 unspecified atom stereocenters. The molecular weight excluding hydrogens is 170 g/mol. The Bertz CT molecular complexity index is 172. The smallest absolute Gasteiger partial charge is 0.303 e. The van der Waals surface area contributed by atoms with Crippen LogP contribution >= 0.6 is 0 Å². The van der Waals surface area contributed by atoms with E-state index in [4.69, 9.17) is 9.84 Å². The van der Waals surface area contributed by atoms with Gasteiger partial charge in [-0.15, -0.1) is 0 Å². The van der Waals surface area contributed by atoms with Gasteiger partial charge in [0.1, 0.15) is 0 Å². The molecule has 1 heterocycles. The molecule has 4 heteroatoms. The second-order valence-corrected chi connectivity index (χ2v) is 3.44.